The van der Waals surface area contributed by atoms with Crippen molar-refractivity contribution < 1.29 is 13.9 Å². The highest BCUT2D eigenvalue weighted by Gasteiger charge is 2.17. The summed E-state index contributed by atoms with van der Waals surface area (Å²) >= 11 is 1.32. The SMILES string of the molecule is COCSc1nc(-c2ccccc2)cn1C(=O)c1ccc(F)cc1. The fraction of sp³-hybridized carbons (Fsp3) is 0.111. The number of hydrogen-bond acceptors (Lipinski definition) is 4. The summed E-state index contributed by atoms with van der Waals surface area (Å²) in [5, 5.41) is 0.532. The maximum absolute atomic E-state index is 13.1. The molecule has 0 aliphatic rings. The van der Waals surface area contributed by atoms with E-state index in [1.165, 1.54) is 40.6 Å². The van der Waals surface area contributed by atoms with Gasteiger partial charge >= 0.3 is 0 Å². The van der Waals surface area contributed by atoms with Crippen LogP contribution in [0.3, 0.4) is 0 Å². The number of ether oxygens (including phenoxy) is 1. The van der Waals surface area contributed by atoms with Gasteiger partial charge in [0, 0.05) is 24.4 Å². The molecule has 6 heteroatoms. The van der Waals surface area contributed by atoms with E-state index in [1.807, 2.05) is 30.3 Å². The fourth-order valence-corrected chi connectivity index (χ4v) is 2.86. The summed E-state index contributed by atoms with van der Waals surface area (Å²) in [6.45, 7) is 0. The van der Waals surface area contributed by atoms with Crippen LogP contribution >= 0.6 is 11.8 Å². The molecular formula is C18H15FN2O2S. The summed E-state index contributed by atoms with van der Waals surface area (Å²) in [6, 6.07) is 15.1. The van der Waals surface area contributed by atoms with Crippen LogP contribution < -0.4 is 0 Å². The first-order valence-corrected chi connectivity index (χ1v) is 8.24. The van der Waals surface area contributed by atoms with Gasteiger partial charge in [0.25, 0.3) is 5.91 Å². The number of benzene rings is 2. The van der Waals surface area contributed by atoms with E-state index in [4.69, 9.17) is 4.74 Å². The fourth-order valence-electron chi connectivity index (χ4n) is 2.20. The van der Waals surface area contributed by atoms with Crippen LogP contribution in [0.1, 0.15) is 10.4 Å². The zero-order valence-corrected chi connectivity index (χ0v) is 13.8. The molecule has 0 bridgehead atoms. The lowest BCUT2D eigenvalue weighted by molar-refractivity contribution is 0.0950. The minimum absolute atomic E-state index is 0.261. The monoisotopic (exact) mass is 342 g/mol. The van der Waals surface area contributed by atoms with Crippen molar-refractivity contribution in [1.82, 2.24) is 9.55 Å². The van der Waals surface area contributed by atoms with E-state index in [1.54, 1.807) is 13.3 Å². The van der Waals surface area contributed by atoms with Gasteiger partial charge in [0.15, 0.2) is 5.16 Å². The van der Waals surface area contributed by atoms with Crippen molar-refractivity contribution >= 4 is 17.7 Å². The quantitative estimate of drug-likeness (QED) is 0.518. The van der Waals surface area contributed by atoms with Crippen molar-refractivity contribution in [3.63, 3.8) is 0 Å². The second-order valence-electron chi connectivity index (χ2n) is 5.01. The Hall–Kier alpha value is -2.44. The van der Waals surface area contributed by atoms with Gasteiger partial charge in [0.1, 0.15) is 5.82 Å². The molecule has 0 aliphatic carbocycles. The molecule has 0 saturated heterocycles. The van der Waals surface area contributed by atoms with Gasteiger partial charge in [-0.3, -0.25) is 9.36 Å². The lowest BCUT2D eigenvalue weighted by Crippen LogP contribution is -2.12. The second-order valence-corrected chi connectivity index (χ2v) is 5.90. The first kappa shape index (κ1) is 16.4. The summed E-state index contributed by atoms with van der Waals surface area (Å²) in [7, 11) is 1.58. The van der Waals surface area contributed by atoms with E-state index in [0.717, 1.165) is 5.56 Å². The molecule has 0 amide bonds. The van der Waals surface area contributed by atoms with E-state index in [2.05, 4.69) is 4.98 Å². The first-order valence-electron chi connectivity index (χ1n) is 7.26. The highest BCUT2D eigenvalue weighted by atomic mass is 32.2. The van der Waals surface area contributed by atoms with E-state index in [9.17, 15) is 9.18 Å². The summed E-state index contributed by atoms with van der Waals surface area (Å²) in [6.07, 6.45) is 1.69. The zero-order chi connectivity index (χ0) is 16.9. The van der Waals surface area contributed by atoms with Crippen molar-refractivity contribution in [3.8, 4) is 11.3 Å². The van der Waals surface area contributed by atoms with Crippen LogP contribution in [0, 0.1) is 5.82 Å². The molecular weight excluding hydrogens is 327 g/mol. The Bertz CT molecular complexity index is 832. The van der Waals surface area contributed by atoms with Crippen LogP contribution in [0.4, 0.5) is 4.39 Å². The van der Waals surface area contributed by atoms with Gasteiger partial charge in [-0.05, 0) is 24.3 Å². The summed E-state index contributed by atoms with van der Waals surface area (Å²) in [5.74, 6) is -0.262. The van der Waals surface area contributed by atoms with Gasteiger partial charge in [0.05, 0.1) is 11.6 Å². The molecule has 1 aromatic heterocycles. The average molecular weight is 342 g/mol. The number of imidazole rings is 1. The number of aromatic nitrogens is 2. The second kappa shape index (κ2) is 7.42. The third-order valence-electron chi connectivity index (χ3n) is 3.36. The van der Waals surface area contributed by atoms with Crippen molar-refractivity contribution in [1.29, 1.82) is 0 Å². The lowest BCUT2D eigenvalue weighted by atomic mass is 10.2. The molecule has 0 saturated carbocycles. The maximum atomic E-state index is 13.1. The van der Waals surface area contributed by atoms with E-state index in [0.29, 0.717) is 22.4 Å². The number of nitrogens with zero attached hydrogens (tertiary/aromatic N) is 2. The standard InChI is InChI=1S/C18H15FN2O2S/c1-23-12-24-18-20-16(13-5-3-2-4-6-13)11-21(18)17(22)14-7-9-15(19)10-8-14/h2-11H,12H2,1H3. The number of thioether (sulfide) groups is 1. The molecule has 0 aliphatic heterocycles. The number of carbonyl (C=O) groups is 1. The summed E-state index contributed by atoms with van der Waals surface area (Å²) < 4.78 is 19.6. The van der Waals surface area contributed by atoms with Crippen LogP contribution in [0.15, 0.2) is 66.0 Å². The van der Waals surface area contributed by atoms with Gasteiger partial charge in [-0.25, -0.2) is 9.37 Å². The largest absolute Gasteiger partial charge is 0.374 e. The molecule has 0 N–H and O–H groups in total. The Morgan fingerprint density at radius 3 is 2.54 bits per heavy atom. The van der Waals surface area contributed by atoms with Crippen molar-refractivity contribution in [3.05, 3.63) is 72.2 Å². The number of halogens is 1. The summed E-state index contributed by atoms with van der Waals surface area (Å²) in [5.41, 5.74) is 2.01. The van der Waals surface area contributed by atoms with Gasteiger partial charge in [-0.15, -0.1) is 0 Å². The predicted octanol–water partition coefficient (Wildman–Crippen LogP) is 4.07. The van der Waals surface area contributed by atoms with Crippen molar-refractivity contribution in [2.45, 2.75) is 5.16 Å². The van der Waals surface area contributed by atoms with Gasteiger partial charge in [-0.2, -0.15) is 0 Å². The molecule has 4 nitrogen and oxygen atoms in total. The third-order valence-corrected chi connectivity index (χ3v) is 4.26. The van der Waals surface area contributed by atoms with E-state index in [-0.39, 0.29) is 11.7 Å². The molecule has 0 fully saturated rings. The Kier molecular flexibility index (Phi) is 5.08. The van der Waals surface area contributed by atoms with Crippen LogP contribution in [-0.4, -0.2) is 28.5 Å². The number of carbonyl (C=O) groups excluding carboxylic acids is 1. The normalized spacial score (nSPS) is 10.8. The van der Waals surface area contributed by atoms with Crippen LogP contribution in [0.2, 0.25) is 0 Å². The molecule has 0 spiro atoms. The predicted molar refractivity (Wildman–Crippen MR) is 91.5 cm³/mol. The highest BCUT2D eigenvalue weighted by Crippen LogP contribution is 2.25. The molecule has 2 aromatic carbocycles. The smallest absolute Gasteiger partial charge is 0.264 e. The number of rotatable bonds is 5. The van der Waals surface area contributed by atoms with Crippen LogP contribution in [0.25, 0.3) is 11.3 Å². The molecule has 0 unspecified atom stereocenters. The Balaban J connectivity index is 1.99. The minimum Gasteiger partial charge on any atom is -0.374 e. The van der Waals surface area contributed by atoms with Gasteiger partial charge in [-0.1, -0.05) is 42.1 Å². The molecule has 3 rings (SSSR count). The summed E-state index contributed by atoms with van der Waals surface area (Å²) in [4.78, 5) is 17.3. The van der Waals surface area contributed by atoms with Crippen molar-refractivity contribution in [2.24, 2.45) is 0 Å². The third kappa shape index (κ3) is 3.55. The topological polar surface area (TPSA) is 44.1 Å². The Morgan fingerprint density at radius 2 is 1.88 bits per heavy atom. The highest BCUT2D eigenvalue weighted by molar-refractivity contribution is 7.99. The first-order chi connectivity index (χ1) is 11.7. The van der Waals surface area contributed by atoms with Gasteiger partial charge < -0.3 is 4.74 Å². The maximum Gasteiger partial charge on any atom is 0.264 e. The molecule has 1 heterocycles. The van der Waals surface area contributed by atoms with Crippen LogP contribution in [0.5, 0.6) is 0 Å². The zero-order valence-electron chi connectivity index (χ0n) is 13.0. The average Bonchev–Trinajstić information content (AvgIpc) is 3.05. The molecule has 122 valence electrons. The molecule has 0 radical (unpaired) electrons. The number of hydrogen-bond donors (Lipinski definition) is 0. The van der Waals surface area contributed by atoms with E-state index < -0.39 is 0 Å². The van der Waals surface area contributed by atoms with Gasteiger partial charge in [0.2, 0.25) is 0 Å². The minimum atomic E-state index is -0.379. The lowest BCUT2D eigenvalue weighted by Gasteiger charge is -2.05. The molecule has 0 atom stereocenters. The van der Waals surface area contributed by atoms with Crippen molar-refractivity contribution in [2.75, 3.05) is 13.0 Å². The Labute approximate surface area is 143 Å². The Morgan fingerprint density at radius 1 is 1.17 bits per heavy atom. The van der Waals surface area contributed by atoms with Crippen LogP contribution in [-0.2, 0) is 4.74 Å². The molecule has 3 aromatic rings. The number of methoxy groups -OCH3 is 1. The van der Waals surface area contributed by atoms with E-state index >= 15 is 0 Å². The molecule has 24 heavy (non-hydrogen) atoms.